The first-order valence-corrected chi connectivity index (χ1v) is 10.7. The van der Waals surface area contributed by atoms with Crippen LogP contribution in [0.4, 0.5) is 0 Å². The molecule has 1 heterocycles. The Labute approximate surface area is 162 Å². The quantitative estimate of drug-likeness (QED) is 0.821. The van der Waals surface area contributed by atoms with Crippen LogP contribution in [0, 0.1) is 0 Å². The van der Waals surface area contributed by atoms with Crippen LogP contribution in [0.15, 0.2) is 23.1 Å². The number of rotatable bonds is 5. The zero-order valence-corrected chi connectivity index (χ0v) is 17.9. The Balaban J connectivity index is 2.28. The van der Waals surface area contributed by atoms with Crippen LogP contribution in [0.25, 0.3) is 0 Å². The number of carbonyl (C=O) groups excluding carboxylic acids is 1. The van der Waals surface area contributed by atoms with E-state index in [1.165, 1.54) is 19.2 Å². The van der Waals surface area contributed by atoms with Gasteiger partial charge in [0.1, 0.15) is 10.6 Å². The maximum atomic E-state index is 12.9. The molecule has 1 aliphatic heterocycles. The minimum Gasteiger partial charge on any atom is -0.495 e. The highest BCUT2D eigenvalue weighted by Crippen LogP contribution is 2.27. The van der Waals surface area contributed by atoms with Crippen molar-refractivity contribution in [2.24, 2.45) is 0 Å². The van der Waals surface area contributed by atoms with Gasteiger partial charge in [-0.25, -0.2) is 13.1 Å². The molecule has 7 nitrogen and oxygen atoms in total. The van der Waals surface area contributed by atoms with Crippen molar-refractivity contribution in [1.82, 2.24) is 14.5 Å². The topological polar surface area (TPSA) is 79.0 Å². The van der Waals surface area contributed by atoms with Gasteiger partial charge < -0.3 is 9.64 Å². The number of benzene rings is 1. The van der Waals surface area contributed by atoms with Gasteiger partial charge in [-0.05, 0) is 52.8 Å². The minimum atomic E-state index is -3.82. The molecule has 1 fully saturated rings. The van der Waals surface area contributed by atoms with Gasteiger partial charge in [-0.1, -0.05) is 0 Å². The average Bonchev–Trinajstić information content (AvgIpc) is 2.58. The molecule has 1 amide bonds. The smallest absolute Gasteiger partial charge is 0.253 e. The average molecular weight is 398 g/mol. The van der Waals surface area contributed by atoms with Gasteiger partial charge in [-0.3, -0.25) is 9.69 Å². The van der Waals surface area contributed by atoms with E-state index in [2.05, 4.69) is 23.5 Å². The van der Waals surface area contributed by atoms with E-state index in [0.717, 1.165) is 13.1 Å². The third-order valence-electron chi connectivity index (χ3n) is 4.47. The molecule has 1 aromatic carbocycles. The lowest BCUT2D eigenvalue weighted by Gasteiger charge is -2.37. The summed E-state index contributed by atoms with van der Waals surface area (Å²) in [6, 6.07) is 5.01. The molecule has 8 heteroatoms. The third-order valence-corrected chi connectivity index (χ3v) is 6.25. The standard InChI is InChI=1S/C19H31N3O4S/c1-14(2)21-9-11-22(12-10-21)18(23)15-7-8-16(26-6)17(13-15)27(24,25)20-19(3,4)5/h7-8,13-14,20H,9-12H2,1-6H3. The summed E-state index contributed by atoms with van der Waals surface area (Å²) in [5.41, 5.74) is -0.292. The number of hydrogen-bond donors (Lipinski definition) is 1. The highest BCUT2D eigenvalue weighted by Gasteiger charge is 2.28. The fourth-order valence-electron chi connectivity index (χ4n) is 3.10. The second kappa shape index (κ2) is 8.16. The lowest BCUT2D eigenvalue weighted by Crippen LogP contribution is -2.50. The molecule has 0 aromatic heterocycles. The first kappa shape index (κ1) is 21.7. The lowest BCUT2D eigenvalue weighted by atomic mass is 10.1. The second-order valence-corrected chi connectivity index (χ2v) is 9.79. The van der Waals surface area contributed by atoms with Crippen LogP contribution in [0.5, 0.6) is 5.75 Å². The largest absolute Gasteiger partial charge is 0.495 e. The molecule has 1 aliphatic rings. The summed E-state index contributed by atoms with van der Waals surface area (Å²) in [6.45, 7) is 12.5. The van der Waals surface area contributed by atoms with Crippen LogP contribution in [0.1, 0.15) is 45.0 Å². The molecule has 1 aromatic rings. The summed E-state index contributed by atoms with van der Waals surface area (Å²) in [6.07, 6.45) is 0. The van der Waals surface area contributed by atoms with Gasteiger partial charge in [0, 0.05) is 43.3 Å². The second-order valence-electron chi connectivity index (χ2n) is 8.14. The van der Waals surface area contributed by atoms with E-state index in [1.807, 2.05) is 0 Å². The van der Waals surface area contributed by atoms with Crippen molar-refractivity contribution < 1.29 is 17.9 Å². The van der Waals surface area contributed by atoms with Gasteiger partial charge in [-0.2, -0.15) is 0 Å². The van der Waals surface area contributed by atoms with E-state index in [4.69, 9.17) is 4.74 Å². The van der Waals surface area contributed by atoms with Gasteiger partial charge in [0.05, 0.1) is 7.11 Å². The Kier molecular flexibility index (Phi) is 6.55. The Bertz CT molecular complexity index is 777. The number of carbonyl (C=O) groups is 1. The van der Waals surface area contributed by atoms with Crippen LogP contribution in [0.3, 0.4) is 0 Å². The number of methoxy groups -OCH3 is 1. The van der Waals surface area contributed by atoms with Crippen LogP contribution in [0.2, 0.25) is 0 Å². The van der Waals surface area contributed by atoms with Gasteiger partial charge in [0.25, 0.3) is 5.91 Å². The molecule has 0 bridgehead atoms. The number of sulfonamides is 1. The Morgan fingerprint density at radius 1 is 1.15 bits per heavy atom. The maximum Gasteiger partial charge on any atom is 0.253 e. The van der Waals surface area contributed by atoms with Crippen molar-refractivity contribution in [3.05, 3.63) is 23.8 Å². The van der Waals surface area contributed by atoms with Crippen molar-refractivity contribution >= 4 is 15.9 Å². The molecule has 0 radical (unpaired) electrons. The van der Waals surface area contributed by atoms with Crippen molar-refractivity contribution in [2.75, 3.05) is 33.3 Å². The predicted molar refractivity (Wildman–Crippen MR) is 106 cm³/mol. The van der Waals surface area contributed by atoms with E-state index in [1.54, 1.807) is 31.7 Å². The summed E-state index contributed by atoms with van der Waals surface area (Å²) in [7, 11) is -2.41. The van der Waals surface area contributed by atoms with Crippen molar-refractivity contribution in [3.63, 3.8) is 0 Å². The van der Waals surface area contributed by atoms with E-state index < -0.39 is 15.6 Å². The normalized spacial score (nSPS) is 16.6. The lowest BCUT2D eigenvalue weighted by molar-refractivity contribution is 0.0595. The molecule has 0 aliphatic carbocycles. The van der Waals surface area contributed by atoms with E-state index in [9.17, 15) is 13.2 Å². The molecule has 0 atom stereocenters. The molecule has 2 rings (SSSR count). The summed E-state index contributed by atoms with van der Waals surface area (Å²) >= 11 is 0. The highest BCUT2D eigenvalue weighted by molar-refractivity contribution is 7.89. The van der Waals surface area contributed by atoms with Gasteiger partial charge >= 0.3 is 0 Å². The molecular weight excluding hydrogens is 366 g/mol. The fraction of sp³-hybridized carbons (Fsp3) is 0.632. The van der Waals surface area contributed by atoms with Crippen LogP contribution in [-0.4, -0.2) is 69.0 Å². The Morgan fingerprint density at radius 3 is 2.22 bits per heavy atom. The number of ether oxygens (including phenoxy) is 1. The number of amides is 1. The fourth-order valence-corrected chi connectivity index (χ4v) is 4.72. The number of hydrogen-bond acceptors (Lipinski definition) is 5. The minimum absolute atomic E-state index is 0.0217. The third kappa shape index (κ3) is 5.43. The van der Waals surface area contributed by atoms with Crippen LogP contribution < -0.4 is 9.46 Å². The molecule has 0 spiro atoms. The molecule has 27 heavy (non-hydrogen) atoms. The van der Waals surface area contributed by atoms with Crippen molar-refractivity contribution in [3.8, 4) is 5.75 Å². The van der Waals surface area contributed by atoms with E-state index >= 15 is 0 Å². The Morgan fingerprint density at radius 2 is 1.74 bits per heavy atom. The zero-order valence-electron chi connectivity index (χ0n) is 17.1. The first-order valence-electron chi connectivity index (χ1n) is 9.20. The van der Waals surface area contributed by atoms with E-state index in [0.29, 0.717) is 24.7 Å². The number of nitrogens with one attached hydrogen (secondary N) is 1. The molecule has 0 saturated carbocycles. The molecule has 152 valence electrons. The van der Waals surface area contributed by atoms with Gasteiger partial charge in [-0.15, -0.1) is 0 Å². The maximum absolute atomic E-state index is 12.9. The summed E-state index contributed by atoms with van der Waals surface area (Å²) in [5, 5.41) is 0. The summed E-state index contributed by atoms with van der Waals surface area (Å²) in [5.74, 6) is 0.0567. The summed E-state index contributed by atoms with van der Waals surface area (Å²) < 4.78 is 33.4. The van der Waals surface area contributed by atoms with Crippen LogP contribution >= 0.6 is 0 Å². The Hall–Kier alpha value is -1.64. The monoisotopic (exact) mass is 397 g/mol. The zero-order chi connectivity index (χ0) is 20.4. The van der Waals surface area contributed by atoms with Gasteiger partial charge in [0.2, 0.25) is 10.0 Å². The van der Waals surface area contributed by atoms with Crippen molar-refractivity contribution in [2.45, 2.75) is 51.1 Å². The van der Waals surface area contributed by atoms with Crippen molar-refractivity contribution in [1.29, 1.82) is 0 Å². The van der Waals surface area contributed by atoms with Gasteiger partial charge in [0.15, 0.2) is 0 Å². The predicted octanol–water partition coefficient (Wildman–Crippen LogP) is 1.94. The molecule has 1 N–H and O–H groups in total. The first-order chi connectivity index (χ1) is 12.4. The van der Waals surface area contributed by atoms with E-state index in [-0.39, 0.29) is 16.6 Å². The number of piperazine rings is 1. The number of nitrogens with zero attached hydrogens (tertiary/aromatic N) is 2. The highest BCUT2D eigenvalue weighted by atomic mass is 32.2. The summed E-state index contributed by atoms with van der Waals surface area (Å²) in [4.78, 5) is 17.0. The van der Waals surface area contributed by atoms with Crippen LogP contribution in [-0.2, 0) is 10.0 Å². The molecule has 1 saturated heterocycles. The molecule has 0 unspecified atom stereocenters. The SMILES string of the molecule is COc1ccc(C(=O)N2CCN(C(C)C)CC2)cc1S(=O)(=O)NC(C)(C)C. The molecular formula is C19H31N3O4S.